The van der Waals surface area contributed by atoms with Crippen molar-refractivity contribution >= 4 is 46.3 Å². The van der Waals surface area contributed by atoms with Crippen molar-refractivity contribution in [1.29, 1.82) is 0 Å². The number of aromatic nitrogens is 1. The summed E-state index contributed by atoms with van der Waals surface area (Å²) in [5.41, 5.74) is 2.01. The van der Waals surface area contributed by atoms with E-state index < -0.39 is 0 Å². The Balaban J connectivity index is 3.10. The van der Waals surface area contributed by atoms with E-state index in [-0.39, 0.29) is 0 Å². The van der Waals surface area contributed by atoms with Crippen LogP contribution in [0.2, 0.25) is 10.0 Å². The van der Waals surface area contributed by atoms with E-state index in [1.54, 1.807) is 6.07 Å². The van der Waals surface area contributed by atoms with Crippen molar-refractivity contribution in [2.75, 3.05) is 0 Å². The van der Waals surface area contributed by atoms with Crippen LogP contribution in [0.3, 0.4) is 0 Å². The number of aryl methyl sites for hydroxylation is 2. The summed E-state index contributed by atoms with van der Waals surface area (Å²) in [5.74, 6) is 0. The summed E-state index contributed by atoms with van der Waals surface area (Å²) in [6, 6.07) is 3.60. The molecule has 0 aliphatic heterocycles. The minimum atomic E-state index is 0.613. The molecule has 0 fully saturated rings. The Kier molecular flexibility index (Phi) is 2.75. The maximum absolute atomic E-state index is 6.15. The zero-order valence-corrected chi connectivity index (χ0v) is 10.7. The zero-order valence-electron chi connectivity index (χ0n) is 8.34. The van der Waals surface area contributed by atoms with E-state index in [9.17, 15) is 0 Å². The molecule has 0 N–H and O–H groups in total. The van der Waals surface area contributed by atoms with Crippen molar-refractivity contribution in [3.05, 3.63) is 38.4 Å². The number of hydrogen-bond acceptors (Lipinski definition) is 1. The van der Waals surface area contributed by atoms with Crippen molar-refractivity contribution in [1.82, 2.24) is 4.57 Å². The summed E-state index contributed by atoms with van der Waals surface area (Å²) in [6.45, 7) is 1.98. The quantitative estimate of drug-likeness (QED) is 0.629. The molecule has 1 heterocycles. The van der Waals surface area contributed by atoms with Gasteiger partial charge in [-0.25, -0.2) is 0 Å². The number of pyridine rings is 1. The van der Waals surface area contributed by atoms with Crippen LogP contribution in [0.15, 0.2) is 18.3 Å². The third kappa shape index (κ3) is 1.78. The normalized spacial score (nSPS) is 10.9. The van der Waals surface area contributed by atoms with Crippen molar-refractivity contribution in [2.45, 2.75) is 6.92 Å². The van der Waals surface area contributed by atoms with Crippen molar-refractivity contribution in [2.24, 2.45) is 7.05 Å². The first kappa shape index (κ1) is 10.9. The summed E-state index contributed by atoms with van der Waals surface area (Å²) in [4.78, 5) is 0. The highest BCUT2D eigenvalue weighted by atomic mass is 35.5. The highest BCUT2D eigenvalue weighted by Crippen LogP contribution is 2.29. The molecule has 0 unspecified atom stereocenters. The van der Waals surface area contributed by atoms with Crippen LogP contribution in [-0.4, -0.2) is 4.57 Å². The van der Waals surface area contributed by atoms with Gasteiger partial charge in [0.25, 0.3) is 0 Å². The minimum Gasteiger partial charge on any atom is -0.350 e. The number of nitrogens with zero attached hydrogens (tertiary/aromatic N) is 1. The highest BCUT2D eigenvalue weighted by Gasteiger charge is 2.07. The largest absolute Gasteiger partial charge is 0.350 e. The molecular weight excluding hydrogens is 249 g/mol. The molecule has 0 aliphatic carbocycles. The molecule has 78 valence electrons. The fraction of sp³-hybridized carbons (Fsp3) is 0.182. The van der Waals surface area contributed by atoms with Gasteiger partial charge in [-0.15, -0.1) is 0 Å². The standard InChI is InChI=1S/C11H9Cl2NS/c1-6-5-14(2)9-4-7(12)3-8(13)10(9)11(6)15/h3-5H,1-2H3. The Hall–Kier alpha value is -0.570. The van der Waals surface area contributed by atoms with Crippen molar-refractivity contribution < 1.29 is 0 Å². The number of fused-ring (bicyclic) bond motifs is 1. The van der Waals surface area contributed by atoms with Gasteiger partial charge < -0.3 is 4.57 Å². The lowest BCUT2D eigenvalue weighted by Gasteiger charge is -2.09. The van der Waals surface area contributed by atoms with Gasteiger partial charge in [-0.05, 0) is 24.6 Å². The monoisotopic (exact) mass is 257 g/mol. The number of hydrogen-bond donors (Lipinski definition) is 0. The third-order valence-corrected chi connectivity index (χ3v) is 3.43. The van der Waals surface area contributed by atoms with E-state index in [0.717, 1.165) is 21.0 Å². The fourth-order valence-electron chi connectivity index (χ4n) is 1.68. The Labute approximate surface area is 103 Å². The Bertz CT molecular complexity index is 602. The van der Waals surface area contributed by atoms with Crippen molar-refractivity contribution in [3.63, 3.8) is 0 Å². The number of benzene rings is 1. The predicted octanol–water partition coefficient (Wildman–Crippen LogP) is 4.52. The average Bonchev–Trinajstić information content (AvgIpc) is 2.13. The van der Waals surface area contributed by atoms with Gasteiger partial charge in [0, 0.05) is 23.7 Å². The molecule has 1 nitrogen and oxygen atoms in total. The molecule has 1 aromatic carbocycles. The van der Waals surface area contributed by atoms with E-state index in [1.807, 2.05) is 30.8 Å². The van der Waals surface area contributed by atoms with Crippen LogP contribution < -0.4 is 0 Å². The van der Waals surface area contributed by atoms with Gasteiger partial charge in [0.05, 0.1) is 15.0 Å². The first-order chi connectivity index (χ1) is 7.00. The van der Waals surface area contributed by atoms with Gasteiger partial charge in [0.2, 0.25) is 0 Å². The Morgan fingerprint density at radius 2 is 1.93 bits per heavy atom. The van der Waals surface area contributed by atoms with Gasteiger partial charge in [0.15, 0.2) is 0 Å². The summed E-state index contributed by atoms with van der Waals surface area (Å²) < 4.78 is 2.78. The van der Waals surface area contributed by atoms with Crippen LogP contribution in [0, 0.1) is 11.4 Å². The summed E-state index contributed by atoms with van der Waals surface area (Å²) >= 11 is 17.4. The van der Waals surface area contributed by atoms with Gasteiger partial charge in [-0.3, -0.25) is 0 Å². The van der Waals surface area contributed by atoms with E-state index in [4.69, 9.17) is 35.4 Å². The topological polar surface area (TPSA) is 4.93 Å². The molecule has 4 heteroatoms. The molecule has 0 amide bonds. The fourth-order valence-corrected chi connectivity index (χ4v) is 2.58. The second-order valence-electron chi connectivity index (χ2n) is 3.53. The van der Waals surface area contributed by atoms with Crippen LogP contribution in [0.5, 0.6) is 0 Å². The molecule has 0 aliphatic rings. The lowest BCUT2D eigenvalue weighted by Crippen LogP contribution is -1.95. The van der Waals surface area contributed by atoms with Gasteiger partial charge in [0.1, 0.15) is 0 Å². The second-order valence-corrected chi connectivity index (χ2v) is 4.79. The molecule has 0 saturated carbocycles. The SMILES string of the molecule is Cc1cn(C)c2cc(Cl)cc(Cl)c2c1=S. The maximum Gasteiger partial charge on any atom is 0.0529 e. The molecule has 2 aromatic rings. The van der Waals surface area contributed by atoms with Crippen LogP contribution in [0.1, 0.15) is 5.56 Å². The average molecular weight is 258 g/mol. The predicted molar refractivity (Wildman–Crippen MR) is 68.5 cm³/mol. The molecule has 15 heavy (non-hydrogen) atoms. The first-order valence-electron chi connectivity index (χ1n) is 4.45. The summed E-state index contributed by atoms with van der Waals surface area (Å²) in [5, 5.41) is 2.14. The van der Waals surface area contributed by atoms with Gasteiger partial charge in [-0.1, -0.05) is 35.4 Å². The first-order valence-corrected chi connectivity index (χ1v) is 5.62. The van der Waals surface area contributed by atoms with Gasteiger partial charge >= 0.3 is 0 Å². The Morgan fingerprint density at radius 1 is 1.27 bits per heavy atom. The molecule has 0 radical (unpaired) electrons. The third-order valence-electron chi connectivity index (χ3n) is 2.39. The zero-order chi connectivity index (χ0) is 11.2. The lowest BCUT2D eigenvalue weighted by molar-refractivity contribution is 0.941. The van der Waals surface area contributed by atoms with Crippen LogP contribution in [0.25, 0.3) is 10.9 Å². The van der Waals surface area contributed by atoms with Crippen LogP contribution in [-0.2, 0) is 7.05 Å². The minimum absolute atomic E-state index is 0.613. The van der Waals surface area contributed by atoms with Crippen LogP contribution in [0.4, 0.5) is 0 Å². The molecule has 1 aromatic heterocycles. The van der Waals surface area contributed by atoms with E-state index in [1.165, 1.54) is 0 Å². The smallest absolute Gasteiger partial charge is 0.0529 e. The maximum atomic E-state index is 6.15. The van der Waals surface area contributed by atoms with E-state index in [0.29, 0.717) is 10.0 Å². The molecular formula is C11H9Cl2NS. The summed E-state index contributed by atoms with van der Waals surface area (Å²) in [6.07, 6.45) is 1.98. The van der Waals surface area contributed by atoms with E-state index >= 15 is 0 Å². The van der Waals surface area contributed by atoms with E-state index in [2.05, 4.69) is 0 Å². The number of halogens is 2. The van der Waals surface area contributed by atoms with Crippen LogP contribution >= 0.6 is 35.4 Å². The molecule has 0 bridgehead atoms. The highest BCUT2D eigenvalue weighted by molar-refractivity contribution is 7.71. The summed E-state index contributed by atoms with van der Waals surface area (Å²) in [7, 11) is 1.96. The molecule has 0 atom stereocenters. The second kappa shape index (κ2) is 3.78. The van der Waals surface area contributed by atoms with Crippen molar-refractivity contribution in [3.8, 4) is 0 Å². The van der Waals surface area contributed by atoms with Gasteiger partial charge in [-0.2, -0.15) is 0 Å². The Morgan fingerprint density at radius 3 is 2.60 bits per heavy atom. The number of rotatable bonds is 0. The molecule has 2 rings (SSSR count). The molecule has 0 saturated heterocycles. The lowest BCUT2D eigenvalue weighted by atomic mass is 10.1. The molecule has 0 spiro atoms.